The minimum absolute atomic E-state index is 0.0798. The largest absolute Gasteiger partial charge is 0.324 e. The summed E-state index contributed by atoms with van der Waals surface area (Å²) in [6.07, 6.45) is 1.13. The molecule has 1 aliphatic heterocycles. The second-order valence-corrected chi connectivity index (χ2v) is 5.52. The van der Waals surface area contributed by atoms with Crippen LogP contribution in [0.1, 0.15) is 24.5 Å². The van der Waals surface area contributed by atoms with E-state index in [1.54, 1.807) is 0 Å². The van der Waals surface area contributed by atoms with Gasteiger partial charge in [0.1, 0.15) is 0 Å². The monoisotopic (exact) mass is 275 g/mol. The predicted octanol–water partition coefficient (Wildman–Crippen LogP) is 1.93. The molecular formula is C16H25N3O. The zero-order valence-electron chi connectivity index (χ0n) is 12.7. The fourth-order valence-electron chi connectivity index (χ4n) is 2.83. The zero-order chi connectivity index (χ0) is 14.5. The molecule has 0 bridgehead atoms. The quantitative estimate of drug-likeness (QED) is 0.863. The van der Waals surface area contributed by atoms with Gasteiger partial charge >= 0.3 is 0 Å². The minimum atomic E-state index is 0.0798. The standard InChI is InChI=1S/C16H25N3O/c1-4-19(14-8-9-17-10-14)11-15(20)18-16-12(2)6-5-7-13(16)3/h5-7,14,17H,4,8-11H2,1-3H3,(H,18,20). The molecule has 4 nitrogen and oxygen atoms in total. The van der Waals surface area contributed by atoms with Crippen LogP contribution in [0, 0.1) is 13.8 Å². The lowest BCUT2D eigenvalue weighted by atomic mass is 10.1. The van der Waals surface area contributed by atoms with Crippen LogP contribution >= 0.6 is 0 Å². The first-order valence-corrected chi connectivity index (χ1v) is 7.42. The van der Waals surface area contributed by atoms with Gasteiger partial charge < -0.3 is 10.6 Å². The van der Waals surface area contributed by atoms with E-state index >= 15 is 0 Å². The van der Waals surface area contributed by atoms with Crippen LogP contribution in [0.25, 0.3) is 0 Å². The van der Waals surface area contributed by atoms with E-state index in [1.165, 1.54) is 0 Å². The molecule has 0 spiro atoms. The Morgan fingerprint density at radius 3 is 2.65 bits per heavy atom. The maximum Gasteiger partial charge on any atom is 0.238 e. The number of nitrogens with zero attached hydrogens (tertiary/aromatic N) is 1. The summed E-state index contributed by atoms with van der Waals surface area (Å²) in [6, 6.07) is 6.56. The van der Waals surface area contributed by atoms with Crippen LogP contribution in [0.5, 0.6) is 0 Å². The molecule has 1 heterocycles. The van der Waals surface area contributed by atoms with E-state index in [9.17, 15) is 4.79 Å². The average molecular weight is 275 g/mol. The van der Waals surface area contributed by atoms with E-state index in [-0.39, 0.29) is 5.91 Å². The second kappa shape index (κ2) is 6.86. The molecule has 1 saturated heterocycles. The van der Waals surface area contributed by atoms with Gasteiger partial charge in [-0.2, -0.15) is 0 Å². The van der Waals surface area contributed by atoms with Crippen molar-refractivity contribution in [1.82, 2.24) is 10.2 Å². The summed E-state index contributed by atoms with van der Waals surface area (Å²) >= 11 is 0. The van der Waals surface area contributed by atoms with Crippen LogP contribution in [0.2, 0.25) is 0 Å². The highest BCUT2D eigenvalue weighted by atomic mass is 16.2. The van der Waals surface area contributed by atoms with E-state index < -0.39 is 0 Å². The van der Waals surface area contributed by atoms with Gasteiger partial charge in [-0.3, -0.25) is 9.69 Å². The highest BCUT2D eigenvalue weighted by Crippen LogP contribution is 2.19. The Bertz CT molecular complexity index is 447. The molecular weight excluding hydrogens is 250 g/mol. The molecule has 2 N–H and O–H groups in total. The van der Waals surface area contributed by atoms with Gasteiger partial charge in [0.15, 0.2) is 0 Å². The van der Waals surface area contributed by atoms with Crippen molar-refractivity contribution < 1.29 is 4.79 Å². The van der Waals surface area contributed by atoms with Crippen molar-refractivity contribution in [3.8, 4) is 0 Å². The van der Waals surface area contributed by atoms with E-state index in [4.69, 9.17) is 0 Å². The van der Waals surface area contributed by atoms with Crippen molar-refractivity contribution in [3.05, 3.63) is 29.3 Å². The lowest BCUT2D eigenvalue weighted by Gasteiger charge is -2.26. The topological polar surface area (TPSA) is 44.4 Å². The van der Waals surface area contributed by atoms with Crippen molar-refractivity contribution >= 4 is 11.6 Å². The number of carbonyl (C=O) groups excluding carboxylic acids is 1. The molecule has 1 unspecified atom stereocenters. The van der Waals surface area contributed by atoms with Crippen LogP contribution in [0.15, 0.2) is 18.2 Å². The summed E-state index contributed by atoms with van der Waals surface area (Å²) < 4.78 is 0. The highest BCUT2D eigenvalue weighted by Gasteiger charge is 2.23. The first-order valence-electron chi connectivity index (χ1n) is 7.42. The van der Waals surface area contributed by atoms with Crippen LogP contribution in [-0.4, -0.2) is 43.0 Å². The smallest absolute Gasteiger partial charge is 0.238 e. The Kier molecular flexibility index (Phi) is 5.15. The third-order valence-corrected chi connectivity index (χ3v) is 4.05. The number of aryl methyl sites for hydroxylation is 2. The number of hydrogen-bond donors (Lipinski definition) is 2. The molecule has 110 valence electrons. The van der Waals surface area contributed by atoms with E-state index in [2.05, 4.69) is 22.5 Å². The fraction of sp³-hybridized carbons (Fsp3) is 0.562. The van der Waals surface area contributed by atoms with Gasteiger partial charge in [0.05, 0.1) is 6.54 Å². The molecule has 4 heteroatoms. The zero-order valence-corrected chi connectivity index (χ0v) is 12.7. The van der Waals surface area contributed by atoms with Crippen LogP contribution in [0.3, 0.4) is 0 Å². The minimum Gasteiger partial charge on any atom is -0.324 e. The summed E-state index contributed by atoms with van der Waals surface area (Å²) in [5.41, 5.74) is 3.19. The van der Waals surface area contributed by atoms with Gasteiger partial charge in [-0.25, -0.2) is 0 Å². The number of carbonyl (C=O) groups is 1. The molecule has 1 atom stereocenters. The van der Waals surface area contributed by atoms with Gasteiger partial charge in [0, 0.05) is 18.3 Å². The van der Waals surface area contributed by atoms with Gasteiger partial charge in [0.25, 0.3) is 0 Å². The van der Waals surface area contributed by atoms with Gasteiger partial charge in [-0.05, 0) is 44.5 Å². The number of nitrogens with one attached hydrogen (secondary N) is 2. The Hall–Kier alpha value is -1.39. The van der Waals surface area contributed by atoms with Crippen molar-refractivity contribution in [1.29, 1.82) is 0 Å². The average Bonchev–Trinajstić information content (AvgIpc) is 2.94. The van der Waals surface area contributed by atoms with Gasteiger partial charge in [-0.1, -0.05) is 25.1 Å². The van der Waals surface area contributed by atoms with Crippen LogP contribution in [0.4, 0.5) is 5.69 Å². The molecule has 0 saturated carbocycles. The number of anilines is 1. The third-order valence-electron chi connectivity index (χ3n) is 4.05. The first kappa shape index (κ1) is 15.0. The van der Waals surface area contributed by atoms with Gasteiger partial charge in [0.2, 0.25) is 5.91 Å². The first-order chi connectivity index (χ1) is 9.61. The maximum atomic E-state index is 12.3. The van der Waals surface area contributed by atoms with Crippen molar-refractivity contribution in [2.45, 2.75) is 33.2 Å². The molecule has 1 fully saturated rings. The molecule has 1 amide bonds. The fourth-order valence-corrected chi connectivity index (χ4v) is 2.83. The Labute approximate surface area is 121 Å². The Morgan fingerprint density at radius 1 is 1.40 bits per heavy atom. The summed E-state index contributed by atoms with van der Waals surface area (Å²) in [5, 5.41) is 6.42. The van der Waals surface area contributed by atoms with E-state index in [0.717, 1.165) is 42.9 Å². The lowest BCUT2D eigenvalue weighted by Crippen LogP contribution is -2.41. The Balaban J connectivity index is 1.97. The number of para-hydroxylation sites is 1. The molecule has 0 radical (unpaired) electrons. The highest BCUT2D eigenvalue weighted by molar-refractivity contribution is 5.93. The normalized spacial score (nSPS) is 18.5. The molecule has 2 rings (SSSR count). The number of rotatable bonds is 5. The summed E-state index contributed by atoms with van der Waals surface area (Å²) in [5.74, 6) is 0.0798. The number of benzene rings is 1. The van der Waals surface area contributed by atoms with Crippen LogP contribution < -0.4 is 10.6 Å². The molecule has 1 aliphatic rings. The predicted molar refractivity (Wildman–Crippen MR) is 83.1 cm³/mol. The second-order valence-electron chi connectivity index (χ2n) is 5.52. The molecule has 20 heavy (non-hydrogen) atoms. The number of amides is 1. The number of likely N-dealkylation sites (N-methyl/N-ethyl adjacent to an activating group) is 1. The van der Waals surface area contributed by atoms with Crippen molar-refractivity contribution in [3.63, 3.8) is 0 Å². The summed E-state index contributed by atoms with van der Waals surface area (Å²) in [7, 11) is 0. The molecule has 1 aromatic carbocycles. The maximum absolute atomic E-state index is 12.3. The van der Waals surface area contributed by atoms with Crippen LogP contribution in [-0.2, 0) is 4.79 Å². The van der Waals surface area contributed by atoms with Crippen molar-refractivity contribution in [2.75, 3.05) is 31.5 Å². The molecule has 0 aromatic heterocycles. The molecule has 1 aromatic rings. The lowest BCUT2D eigenvalue weighted by molar-refractivity contribution is -0.117. The Morgan fingerprint density at radius 2 is 2.10 bits per heavy atom. The van der Waals surface area contributed by atoms with Crippen molar-refractivity contribution in [2.24, 2.45) is 0 Å². The SMILES string of the molecule is CCN(CC(=O)Nc1c(C)cccc1C)C1CCNC1. The number of hydrogen-bond acceptors (Lipinski definition) is 3. The summed E-state index contributed by atoms with van der Waals surface area (Å²) in [6.45, 7) is 9.60. The molecule has 0 aliphatic carbocycles. The van der Waals surface area contributed by atoms with Gasteiger partial charge in [-0.15, -0.1) is 0 Å². The van der Waals surface area contributed by atoms with E-state index in [1.807, 2.05) is 32.0 Å². The van der Waals surface area contributed by atoms with E-state index in [0.29, 0.717) is 12.6 Å². The summed E-state index contributed by atoms with van der Waals surface area (Å²) in [4.78, 5) is 14.5. The third kappa shape index (κ3) is 3.58.